The molecule has 1 aromatic rings. The molecule has 0 fully saturated rings. The van der Waals surface area contributed by atoms with Crippen LogP contribution in [-0.2, 0) is 0 Å². The Balaban J connectivity index is 2.48. The van der Waals surface area contributed by atoms with E-state index in [1.165, 1.54) is 0 Å². The second kappa shape index (κ2) is 8.15. The van der Waals surface area contributed by atoms with Crippen LogP contribution in [0.5, 0.6) is 11.5 Å². The van der Waals surface area contributed by atoms with E-state index in [9.17, 15) is 0 Å². The highest BCUT2D eigenvalue weighted by atomic mass is 16.5. The molecular formula is C17H29NO2. The van der Waals surface area contributed by atoms with Gasteiger partial charge >= 0.3 is 0 Å². The molecule has 20 heavy (non-hydrogen) atoms. The van der Waals surface area contributed by atoms with Gasteiger partial charge in [0.05, 0.1) is 13.7 Å². The summed E-state index contributed by atoms with van der Waals surface area (Å²) in [4.78, 5) is 0. The van der Waals surface area contributed by atoms with Crippen LogP contribution in [0.3, 0.4) is 0 Å². The lowest BCUT2D eigenvalue weighted by atomic mass is 9.84. The van der Waals surface area contributed by atoms with Gasteiger partial charge in [-0.25, -0.2) is 0 Å². The summed E-state index contributed by atoms with van der Waals surface area (Å²) in [6.45, 7) is 10.7. The summed E-state index contributed by atoms with van der Waals surface area (Å²) < 4.78 is 11.2. The van der Waals surface area contributed by atoms with Crippen molar-refractivity contribution in [1.82, 2.24) is 5.32 Å². The number of methoxy groups -OCH3 is 1. The van der Waals surface area contributed by atoms with Crippen LogP contribution >= 0.6 is 0 Å². The maximum atomic E-state index is 5.88. The first kappa shape index (κ1) is 16.8. The Hall–Kier alpha value is -1.22. The van der Waals surface area contributed by atoms with Gasteiger partial charge in [-0.15, -0.1) is 0 Å². The largest absolute Gasteiger partial charge is 0.493 e. The molecular weight excluding hydrogens is 250 g/mol. The van der Waals surface area contributed by atoms with Crippen molar-refractivity contribution in [3.8, 4) is 11.5 Å². The molecule has 0 radical (unpaired) electrons. The van der Waals surface area contributed by atoms with E-state index < -0.39 is 0 Å². The van der Waals surface area contributed by atoms with Crippen LogP contribution in [0, 0.1) is 5.41 Å². The molecule has 114 valence electrons. The molecule has 1 aromatic carbocycles. The summed E-state index contributed by atoms with van der Waals surface area (Å²) in [5, 5.41) is 3.53. The molecule has 1 atom stereocenters. The second-order valence-corrected chi connectivity index (χ2v) is 5.95. The monoisotopic (exact) mass is 279 g/mol. The normalized spacial score (nSPS) is 14.1. The third-order valence-corrected chi connectivity index (χ3v) is 3.82. The van der Waals surface area contributed by atoms with Gasteiger partial charge in [-0.1, -0.05) is 39.8 Å². The Labute approximate surface area is 123 Å². The molecule has 0 heterocycles. The van der Waals surface area contributed by atoms with Gasteiger partial charge in [0, 0.05) is 12.6 Å². The summed E-state index contributed by atoms with van der Waals surface area (Å²) in [6, 6.07) is 8.32. The minimum absolute atomic E-state index is 0.270. The quantitative estimate of drug-likeness (QED) is 0.744. The van der Waals surface area contributed by atoms with Crippen molar-refractivity contribution in [2.45, 2.75) is 46.6 Å². The maximum absolute atomic E-state index is 5.88. The van der Waals surface area contributed by atoms with Crippen LogP contribution in [0.25, 0.3) is 0 Å². The molecule has 0 aliphatic heterocycles. The van der Waals surface area contributed by atoms with Crippen molar-refractivity contribution in [3.05, 3.63) is 24.3 Å². The minimum Gasteiger partial charge on any atom is -0.493 e. The van der Waals surface area contributed by atoms with Crippen molar-refractivity contribution in [1.29, 1.82) is 0 Å². The number of hydrogen-bond acceptors (Lipinski definition) is 3. The van der Waals surface area contributed by atoms with E-state index in [1.54, 1.807) is 7.11 Å². The number of rotatable bonds is 9. The number of hydrogen-bond donors (Lipinski definition) is 1. The lowest BCUT2D eigenvalue weighted by molar-refractivity contribution is 0.192. The highest BCUT2D eigenvalue weighted by Crippen LogP contribution is 2.29. The average molecular weight is 279 g/mol. The Morgan fingerprint density at radius 3 is 2.40 bits per heavy atom. The Bertz CT molecular complexity index is 392. The van der Waals surface area contributed by atoms with Gasteiger partial charge in [0.15, 0.2) is 11.5 Å². The Morgan fingerprint density at radius 2 is 1.85 bits per heavy atom. The highest BCUT2D eigenvalue weighted by molar-refractivity contribution is 5.39. The van der Waals surface area contributed by atoms with Crippen LogP contribution in [-0.4, -0.2) is 26.3 Å². The smallest absolute Gasteiger partial charge is 0.161 e. The van der Waals surface area contributed by atoms with Crippen LogP contribution in [0.1, 0.15) is 40.5 Å². The number of benzene rings is 1. The van der Waals surface area contributed by atoms with Crippen molar-refractivity contribution < 1.29 is 9.47 Å². The molecule has 0 saturated carbocycles. The zero-order chi connectivity index (χ0) is 15.0. The zero-order valence-corrected chi connectivity index (χ0v) is 13.5. The first-order valence-electron chi connectivity index (χ1n) is 7.50. The fourth-order valence-electron chi connectivity index (χ4n) is 1.99. The summed E-state index contributed by atoms with van der Waals surface area (Å²) in [7, 11) is 1.67. The Kier molecular flexibility index (Phi) is 6.86. The van der Waals surface area contributed by atoms with Crippen molar-refractivity contribution in [2.75, 3.05) is 20.3 Å². The molecule has 1 rings (SSSR count). The molecule has 0 spiro atoms. The fraction of sp³-hybridized carbons (Fsp3) is 0.647. The predicted octanol–water partition coefficient (Wildman–Crippen LogP) is 3.88. The van der Waals surface area contributed by atoms with Gasteiger partial charge in [0.2, 0.25) is 0 Å². The first-order valence-corrected chi connectivity index (χ1v) is 7.50. The lowest BCUT2D eigenvalue weighted by Crippen LogP contribution is -2.36. The summed E-state index contributed by atoms with van der Waals surface area (Å²) >= 11 is 0. The molecule has 1 N–H and O–H groups in total. The highest BCUT2D eigenvalue weighted by Gasteiger charge is 2.22. The minimum atomic E-state index is 0.270. The summed E-state index contributed by atoms with van der Waals surface area (Å²) in [5.74, 6) is 1.62. The van der Waals surface area contributed by atoms with Gasteiger partial charge in [-0.2, -0.15) is 0 Å². The molecule has 3 nitrogen and oxygen atoms in total. The maximum Gasteiger partial charge on any atom is 0.161 e. The summed E-state index contributed by atoms with van der Waals surface area (Å²) in [6.07, 6.45) is 2.17. The zero-order valence-electron chi connectivity index (χ0n) is 13.5. The molecule has 3 heteroatoms. The van der Waals surface area contributed by atoms with Crippen molar-refractivity contribution in [3.63, 3.8) is 0 Å². The van der Waals surface area contributed by atoms with Crippen LogP contribution in [0.2, 0.25) is 0 Å². The molecule has 0 amide bonds. The van der Waals surface area contributed by atoms with Gasteiger partial charge in [-0.3, -0.25) is 0 Å². The number of para-hydroxylation sites is 2. The molecule has 0 saturated heterocycles. The fourth-order valence-corrected chi connectivity index (χ4v) is 1.99. The first-order chi connectivity index (χ1) is 9.50. The van der Waals surface area contributed by atoms with E-state index >= 15 is 0 Å². The third-order valence-electron chi connectivity index (χ3n) is 3.82. The van der Waals surface area contributed by atoms with E-state index in [0.29, 0.717) is 12.6 Å². The average Bonchev–Trinajstić information content (AvgIpc) is 2.45. The van der Waals surface area contributed by atoms with Gasteiger partial charge < -0.3 is 14.8 Å². The van der Waals surface area contributed by atoms with Crippen molar-refractivity contribution >= 4 is 0 Å². The van der Waals surface area contributed by atoms with Gasteiger partial charge in [0.25, 0.3) is 0 Å². The molecule has 0 aromatic heterocycles. The molecule has 0 aliphatic carbocycles. The SMILES string of the molecule is CCC(C)(CCOc1ccccc1OC)CNC(C)C. The van der Waals surface area contributed by atoms with E-state index in [2.05, 4.69) is 33.0 Å². The predicted molar refractivity (Wildman–Crippen MR) is 84.6 cm³/mol. The topological polar surface area (TPSA) is 30.5 Å². The van der Waals surface area contributed by atoms with Gasteiger partial charge in [0.1, 0.15) is 0 Å². The van der Waals surface area contributed by atoms with E-state index in [1.807, 2.05) is 24.3 Å². The van der Waals surface area contributed by atoms with Crippen LogP contribution < -0.4 is 14.8 Å². The standard InChI is InChI=1S/C17H29NO2/c1-6-17(4,13-18-14(2)3)11-12-20-16-10-8-7-9-15(16)19-5/h7-10,14,18H,6,11-13H2,1-5H3. The van der Waals surface area contributed by atoms with Crippen molar-refractivity contribution in [2.24, 2.45) is 5.41 Å². The van der Waals surface area contributed by atoms with Crippen LogP contribution in [0.4, 0.5) is 0 Å². The molecule has 0 bridgehead atoms. The third kappa shape index (κ3) is 5.41. The molecule has 1 unspecified atom stereocenters. The lowest BCUT2D eigenvalue weighted by Gasteiger charge is -2.29. The van der Waals surface area contributed by atoms with E-state index in [4.69, 9.17) is 9.47 Å². The van der Waals surface area contributed by atoms with E-state index in [0.717, 1.165) is 30.9 Å². The second-order valence-electron chi connectivity index (χ2n) is 5.95. The van der Waals surface area contributed by atoms with Crippen LogP contribution in [0.15, 0.2) is 24.3 Å². The Morgan fingerprint density at radius 1 is 1.20 bits per heavy atom. The number of nitrogens with one attached hydrogen (secondary N) is 1. The number of ether oxygens (including phenoxy) is 2. The summed E-state index contributed by atoms with van der Waals surface area (Å²) in [5.41, 5.74) is 0.270. The van der Waals surface area contributed by atoms with Gasteiger partial charge in [-0.05, 0) is 30.4 Å². The molecule has 0 aliphatic rings. The van der Waals surface area contributed by atoms with E-state index in [-0.39, 0.29) is 5.41 Å².